The molecule has 0 radical (unpaired) electrons. The van der Waals surface area contributed by atoms with E-state index in [1.165, 1.54) is 45.2 Å². The van der Waals surface area contributed by atoms with E-state index in [0.29, 0.717) is 6.26 Å². The summed E-state index contributed by atoms with van der Waals surface area (Å²) >= 11 is 0. The molecule has 0 fully saturated rings. The maximum atomic E-state index is 9.08. The monoisotopic (exact) mass is 263 g/mol. The van der Waals surface area contributed by atoms with Crippen molar-refractivity contribution in [2.45, 2.75) is 46.0 Å². The minimum atomic E-state index is -3.92. The van der Waals surface area contributed by atoms with Crippen LogP contribution in [0.4, 0.5) is 0 Å². The van der Waals surface area contributed by atoms with Gasteiger partial charge in [-0.05, 0) is 12.8 Å². The summed E-state index contributed by atoms with van der Waals surface area (Å²) in [6, 6.07) is 0. The summed E-state index contributed by atoms with van der Waals surface area (Å²) in [7, 11) is -3.92. The van der Waals surface area contributed by atoms with Gasteiger partial charge in [0.25, 0.3) is 0 Å². The molecule has 0 aromatic carbocycles. The predicted octanol–water partition coefficient (Wildman–Crippen LogP) is 1.85. The first-order valence-electron chi connectivity index (χ1n) is 6.36. The van der Waals surface area contributed by atoms with Gasteiger partial charge in [-0.25, -0.2) is 13.0 Å². The minimum Gasteiger partial charge on any atom is -0.748 e. The Kier molecular flexibility index (Phi) is 8.43. The van der Waals surface area contributed by atoms with Crippen molar-refractivity contribution in [2.75, 3.05) is 19.3 Å². The fourth-order valence-electron chi connectivity index (χ4n) is 1.84. The summed E-state index contributed by atoms with van der Waals surface area (Å²) in [5, 5.41) is 0. The van der Waals surface area contributed by atoms with E-state index in [-0.39, 0.29) is 0 Å². The molecule has 4 nitrogen and oxygen atoms in total. The van der Waals surface area contributed by atoms with Crippen molar-refractivity contribution in [1.29, 1.82) is 0 Å². The lowest BCUT2D eigenvalue weighted by Crippen LogP contribution is -2.10. The average Bonchev–Trinajstić information content (AvgIpc) is 2.64. The molecule has 1 atom stereocenters. The number of nitrogens with zero attached hydrogens (tertiary/aromatic N) is 1. The van der Waals surface area contributed by atoms with Gasteiger partial charge in [0.2, 0.25) is 0 Å². The Labute approximate surface area is 105 Å². The minimum absolute atomic E-state index is 0.604. The topological polar surface area (TPSA) is 60.2 Å². The van der Waals surface area contributed by atoms with Crippen LogP contribution in [0.3, 0.4) is 0 Å². The van der Waals surface area contributed by atoms with E-state index in [2.05, 4.69) is 24.6 Å². The summed E-state index contributed by atoms with van der Waals surface area (Å²) in [5.41, 5.74) is 0. The van der Waals surface area contributed by atoms with Gasteiger partial charge < -0.3 is 4.55 Å². The molecule has 1 rings (SSSR count). The van der Waals surface area contributed by atoms with Crippen LogP contribution in [0.1, 0.15) is 46.0 Å². The molecule has 0 saturated carbocycles. The second kappa shape index (κ2) is 8.64. The summed E-state index contributed by atoms with van der Waals surface area (Å²) < 4.78 is 29.7. The molecule has 17 heavy (non-hydrogen) atoms. The highest BCUT2D eigenvalue weighted by Gasteiger charge is 2.19. The lowest BCUT2D eigenvalue weighted by atomic mass is 10.1. The Morgan fingerprint density at radius 2 is 1.94 bits per heavy atom. The van der Waals surface area contributed by atoms with Gasteiger partial charge in [0, 0.05) is 25.0 Å². The largest absolute Gasteiger partial charge is 0.748 e. The maximum absolute atomic E-state index is 9.08. The SMILES string of the molecule is CCCCC[N+]1=CC(CC)CC1.CS(=O)(=O)[O-]. The molecule has 0 amide bonds. The van der Waals surface area contributed by atoms with Crippen molar-refractivity contribution in [3.8, 4) is 0 Å². The first-order valence-corrected chi connectivity index (χ1v) is 8.18. The quantitative estimate of drug-likeness (QED) is 0.432. The second-order valence-electron chi connectivity index (χ2n) is 4.55. The Balaban J connectivity index is 0.000000437. The Morgan fingerprint density at radius 1 is 1.35 bits per heavy atom. The normalized spacial score (nSPS) is 19.5. The first kappa shape index (κ1) is 16.6. The molecular weight excluding hydrogens is 238 g/mol. The Bertz CT molecular complexity index is 315. The van der Waals surface area contributed by atoms with Gasteiger partial charge >= 0.3 is 0 Å². The van der Waals surface area contributed by atoms with E-state index in [4.69, 9.17) is 13.0 Å². The molecule has 5 heteroatoms. The molecule has 0 saturated heterocycles. The third-order valence-corrected chi connectivity index (χ3v) is 2.78. The first-order chi connectivity index (χ1) is 7.86. The van der Waals surface area contributed by atoms with Gasteiger partial charge in [-0.2, -0.15) is 0 Å². The van der Waals surface area contributed by atoms with Crippen LogP contribution in [0, 0.1) is 5.92 Å². The third-order valence-electron chi connectivity index (χ3n) is 2.78. The van der Waals surface area contributed by atoms with Gasteiger partial charge in [-0.3, -0.25) is 0 Å². The van der Waals surface area contributed by atoms with Crippen molar-refractivity contribution in [2.24, 2.45) is 5.92 Å². The van der Waals surface area contributed by atoms with Crippen LogP contribution in [0.5, 0.6) is 0 Å². The second-order valence-corrected chi connectivity index (χ2v) is 5.96. The highest BCUT2D eigenvalue weighted by Crippen LogP contribution is 2.11. The molecule has 0 aromatic rings. The van der Waals surface area contributed by atoms with E-state index in [1.807, 2.05) is 0 Å². The van der Waals surface area contributed by atoms with Gasteiger partial charge in [0.05, 0.1) is 10.1 Å². The zero-order valence-corrected chi connectivity index (χ0v) is 12.0. The standard InChI is InChI=1S/C11H22N.CH4O3S/c1-3-5-6-8-12-9-7-11(4-2)10-12;1-5(2,3)4/h10-11H,3-9H2,1-2H3;1H3,(H,2,3,4)/q+1;/p-1. The maximum Gasteiger partial charge on any atom is 0.143 e. The van der Waals surface area contributed by atoms with E-state index in [0.717, 1.165) is 5.92 Å². The highest BCUT2D eigenvalue weighted by atomic mass is 32.2. The smallest absolute Gasteiger partial charge is 0.143 e. The predicted molar refractivity (Wildman–Crippen MR) is 69.6 cm³/mol. The van der Waals surface area contributed by atoms with Crippen LogP contribution in [-0.4, -0.2) is 43.1 Å². The van der Waals surface area contributed by atoms with Crippen molar-refractivity contribution in [3.63, 3.8) is 0 Å². The van der Waals surface area contributed by atoms with Crippen molar-refractivity contribution in [1.82, 2.24) is 0 Å². The van der Waals surface area contributed by atoms with E-state index >= 15 is 0 Å². The molecule has 1 unspecified atom stereocenters. The molecule has 0 spiro atoms. The van der Waals surface area contributed by atoms with Crippen molar-refractivity contribution < 1.29 is 17.5 Å². The Morgan fingerprint density at radius 3 is 2.35 bits per heavy atom. The van der Waals surface area contributed by atoms with Crippen LogP contribution in [0.2, 0.25) is 0 Å². The number of hydrogen-bond acceptors (Lipinski definition) is 3. The van der Waals surface area contributed by atoms with Crippen LogP contribution >= 0.6 is 0 Å². The zero-order chi connectivity index (χ0) is 13.3. The molecule has 1 heterocycles. The molecule has 1 aliphatic rings. The average molecular weight is 263 g/mol. The molecule has 102 valence electrons. The van der Waals surface area contributed by atoms with Gasteiger partial charge in [-0.1, -0.05) is 20.3 Å². The van der Waals surface area contributed by atoms with E-state index in [9.17, 15) is 0 Å². The summed E-state index contributed by atoms with van der Waals surface area (Å²) in [5.74, 6) is 0.881. The van der Waals surface area contributed by atoms with Crippen LogP contribution < -0.4 is 0 Å². The van der Waals surface area contributed by atoms with Gasteiger partial charge in [-0.15, -0.1) is 0 Å². The van der Waals surface area contributed by atoms with Gasteiger partial charge in [0.1, 0.15) is 19.3 Å². The molecule has 0 bridgehead atoms. The highest BCUT2D eigenvalue weighted by molar-refractivity contribution is 7.84. The van der Waals surface area contributed by atoms with Crippen LogP contribution in [0.15, 0.2) is 0 Å². The molecule has 0 N–H and O–H groups in total. The van der Waals surface area contributed by atoms with Crippen LogP contribution in [-0.2, 0) is 10.1 Å². The number of rotatable bonds is 5. The fourth-order valence-corrected chi connectivity index (χ4v) is 1.84. The zero-order valence-electron chi connectivity index (χ0n) is 11.2. The lowest BCUT2D eigenvalue weighted by Gasteiger charge is -1.95. The van der Waals surface area contributed by atoms with Crippen molar-refractivity contribution >= 4 is 16.3 Å². The molecule has 0 aromatic heterocycles. The third kappa shape index (κ3) is 11.8. The fraction of sp³-hybridized carbons (Fsp3) is 0.917. The summed E-state index contributed by atoms with van der Waals surface area (Å²) in [6.45, 7) is 7.16. The van der Waals surface area contributed by atoms with Crippen LogP contribution in [0.25, 0.3) is 0 Å². The molecule has 1 aliphatic heterocycles. The number of unbranched alkanes of at least 4 members (excludes halogenated alkanes) is 2. The lowest BCUT2D eigenvalue weighted by molar-refractivity contribution is -0.516. The van der Waals surface area contributed by atoms with E-state index < -0.39 is 10.1 Å². The number of hydrogen-bond donors (Lipinski definition) is 0. The van der Waals surface area contributed by atoms with E-state index in [1.54, 1.807) is 0 Å². The summed E-state index contributed by atoms with van der Waals surface area (Å²) in [6.07, 6.45) is 9.88. The Hall–Kier alpha value is -0.420. The molecule has 0 aliphatic carbocycles. The summed E-state index contributed by atoms with van der Waals surface area (Å²) in [4.78, 5) is 0. The molecular formula is C12H25NO3S. The van der Waals surface area contributed by atoms with Gasteiger partial charge in [0.15, 0.2) is 0 Å². The van der Waals surface area contributed by atoms with Crippen molar-refractivity contribution in [3.05, 3.63) is 0 Å².